The lowest BCUT2D eigenvalue weighted by Crippen LogP contribution is -2.09. The fourth-order valence-electron chi connectivity index (χ4n) is 2.33. The van der Waals surface area contributed by atoms with Crippen molar-refractivity contribution in [3.8, 4) is 17.0 Å². The summed E-state index contributed by atoms with van der Waals surface area (Å²) in [5.74, 6) is 1.69. The van der Waals surface area contributed by atoms with Gasteiger partial charge in [-0.15, -0.1) is 0 Å². The highest BCUT2D eigenvalue weighted by Gasteiger charge is 2.10. The highest BCUT2D eigenvalue weighted by Crippen LogP contribution is 2.25. The molecule has 2 N–H and O–H groups in total. The summed E-state index contributed by atoms with van der Waals surface area (Å²) in [7, 11) is 1.65. The Kier molecular flexibility index (Phi) is 4.95. The Morgan fingerprint density at radius 1 is 1.30 bits per heavy atom. The largest absolute Gasteiger partial charge is 0.497 e. The predicted molar refractivity (Wildman–Crippen MR) is 92.9 cm³/mol. The molecule has 120 valence electrons. The molecule has 0 fully saturated rings. The Labute approximate surface area is 139 Å². The van der Waals surface area contributed by atoms with Crippen LogP contribution in [0.2, 0.25) is 0 Å². The van der Waals surface area contributed by atoms with Crippen LogP contribution in [0.4, 0.5) is 5.82 Å². The predicted octanol–water partition coefficient (Wildman–Crippen LogP) is 3.22. The van der Waals surface area contributed by atoms with Crippen molar-refractivity contribution in [3.63, 3.8) is 0 Å². The number of hydrogen-bond donors (Lipinski definition) is 2. The SMILES string of the molecule is COc1cccc(-c2cc(NCc3ccsc3)n(CCO)n2)c1. The molecule has 3 rings (SSSR count). The molecule has 3 aromatic rings. The van der Waals surface area contributed by atoms with Crippen molar-refractivity contribution in [1.82, 2.24) is 9.78 Å². The maximum Gasteiger partial charge on any atom is 0.125 e. The van der Waals surface area contributed by atoms with Gasteiger partial charge in [0.05, 0.1) is 26.0 Å². The van der Waals surface area contributed by atoms with Crippen molar-refractivity contribution < 1.29 is 9.84 Å². The molecule has 23 heavy (non-hydrogen) atoms. The third-order valence-electron chi connectivity index (χ3n) is 3.51. The molecule has 0 aliphatic carbocycles. The second-order valence-electron chi connectivity index (χ2n) is 5.08. The van der Waals surface area contributed by atoms with Gasteiger partial charge in [0.2, 0.25) is 0 Å². The second-order valence-corrected chi connectivity index (χ2v) is 5.86. The minimum absolute atomic E-state index is 0.0480. The zero-order valence-electron chi connectivity index (χ0n) is 12.9. The monoisotopic (exact) mass is 329 g/mol. The molecule has 5 nitrogen and oxygen atoms in total. The molecular formula is C17H19N3O2S. The molecule has 0 amide bonds. The van der Waals surface area contributed by atoms with E-state index in [0.717, 1.165) is 29.4 Å². The van der Waals surface area contributed by atoms with Crippen molar-refractivity contribution in [2.24, 2.45) is 0 Å². The average Bonchev–Trinajstić information content (AvgIpc) is 3.23. The molecule has 0 aliphatic heterocycles. The van der Waals surface area contributed by atoms with E-state index < -0.39 is 0 Å². The van der Waals surface area contributed by atoms with Crippen molar-refractivity contribution >= 4 is 17.2 Å². The van der Waals surface area contributed by atoms with E-state index in [-0.39, 0.29) is 6.61 Å². The van der Waals surface area contributed by atoms with Gasteiger partial charge in [0, 0.05) is 18.2 Å². The molecule has 0 saturated heterocycles. The Morgan fingerprint density at radius 3 is 2.96 bits per heavy atom. The lowest BCUT2D eigenvalue weighted by Gasteiger charge is -2.07. The van der Waals surface area contributed by atoms with Crippen LogP contribution < -0.4 is 10.1 Å². The van der Waals surface area contributed by atoms with Crippen LogP contribution in [-0.2, 0) is 13.1 Å². The molecule has 0 bridgehead atoms. The topological polar surface area (TPSA) is 59.3 Å². The summed E-state index contributed by atoms with van der Waals surface area (Å²) in [6, 6.07) is 11.9. The Bertz CT molecular complexity index is 753. The van der Waals surface area contributed by atoms with Gasteiger partial charge in [-0.3, -0.25) is 0 Å². The van der Waals surface area contributed by atoms with Crippen molar-refractivity contribution in [2.75, 3.05) is 19.0 Å². The van der Waals surface area contributed by atoms with E-state index in [2.05, 4.69) is 27.2 Å². The number of anilines is 1. The van der Waals surface area contributed by atoms with Gasteiger partial charge in [0.1, 0.15) is 11.6 Å². The number of nitrogens with zero attached hydrogens (tertiary/aromatic N) is 2. The number of benzene rings is 1. The molecule has 0 unspecified atom stereocenters. The van der Waals surface area contributed by atoms with E-state index in [9.17, 15) is 5.11 Å². The van der Waals surface area contributed by atoms with Gasteiger partial charge >= 0.3 is 0 Å². The van der Waals surface area contributed by atoms with Crippen molar-refractivity contribution in [2.45, 2.75) is 13.1 Å². The van der Waals surface area contributed by atoms with Crippen LogP contribution >= 0.6 is 11.3 Å². The summed E-state index contributed by atoms with van der Waals surface area (Å²) in [4.78, 5) is 0. The van der Waals surface area contributed by atoms with Crippen molar-refractivity contribution in [3.05, 3.63) is 52.7 Å². The van der Waals surface area contributed by atoms with Crippen LogP contribution in [0.25, 0.3) is 11.3 Å². The van der Waals surface area contributed by atoms with E-state index in [4.69, 9.17) is 4.74 Å². The molecule has 2 aromatic heterocycles. The summed E-state index contributed by atoms with van der Waals surface area (Å²) in [5, 5.41) is 21.4. The summed E-state index contributed by atoms with van der Waals surface area (Å²) >= 11 is 1.68. The molecule has 0 aliphatic rings. The average molecular weight is 329 g/mol. The second kappa shape index (κ2) is 7.30. The smallest absolute Gasteiger partial charge is 0.125 e. The lowest BCUT2D eigenvalue weighted by molar-refractivity contribution is 0.270. The van der Waals surface area contributed by atoms with Crippen LogP contribution in [0.1, 0.15) is 5.56 Å². The Hall–Kier alpha value is -2.31. The number of thiophene rings is 1. The Balaban J connectivity index is 1.85. The van der Waals surface area contributed by atoms with Crippen LogP contribution in [0.15, 0.2) is 47.2 Å². The number of ether oxygens (including phenoxy) is 1. The molecule has 0 spiro atoms. The first kappa shape index (κ1) is 15.6. The quantitative estimate of drug-likeness (QED) is 0.699. The van der Waals surface area contributed by atoms with Crippen molar-refractivity contribution in [1.29, 1.82) is 0 Å². The number of methoxy groups -OCH3 is 1. The van der Waals surface area contributed by atoms with Gasteiger partial charge < -0.3 is 15.2 Å². The first-order chi connectivity index (χ1) is 11.3. The highest BCUT2D eigenvalue weighted by molar-refractivity contribution is 7.07. The zero-order valence-corrected chi connectivity index (χ0v) is 13.7. The summed E-state index contributed by atoms with van der Waals surface area (Å²) in [6.07, 6.45) is 0. The van der Waals surface area contributed by atoms with Gasteiger partial charge in [-0.05, 0) is 34.5 Å². The molecular weight excluding hydrogens is 310 g/mol. The standard InChI is InChI=1S/C17H19N3O2S/c1-22-15-4-2-3-14(9-15)16-10-17(20(19-16)6-7-21)18-11-13-5-8-23-12-13/h2-5,8-10,12,18,21H,6-7,11H2,1H3. The molecule has 0 radical (unpaired) electrons. The minimum Gasteiger partial charge on any atom is -0.497 e. The first-order valence-electron chi connectivity index (χ1n) is 7.38. The number of aliphatic hydroxyl groups excluding tert-OH is 1. The maximum absolute atomic E-state index is 9.25. The van der Waals surface area contributed by atoms with Gasteiger partial charge in [-0.25, -0.2) is 4.68 Å². The van der Waals surface area contributed by atoms with E-state index in [1.807, 2.05) is 30.3 Å². The Morgan fingerprint density at radius 2 is 2.22 bits per heavy atom. The van der Waals surface area contributed by atoms with Gasteiger partial charge in [-0.1, -0.05) is 12.1 Å². The van der Waals surface area contributed by atoms with Gasteiger partial charge in [0.15, 0.2) is 0 Å². The van der Waals surface area contributed by atoms with Crippen LogP contribution in [0, 0.1) is 0 Å². The molecule has 0 atom stereocenters. The number of aromatic nitrogens is 2. The molecule has 1 aromatic carbocycles. The fraction of sp³-hybridized carbons (Fsp3) is 0.235. The lowest BCUT2D eigenvalue weighted by atomic mass is 10.1. The normalized spacial score (nSPS) is 10.7. The number of nitrogens with one attached hydrogen (secondary N) is 1. The number of aliphatic hydroxyl groups is 1. The summed E-state index contributed by atoms with van der Waals surface area (Å²) < 4.78 is 7.06. The van der Waals surface area contributed by atoms with Gasteiger partial charge in [-0.2, -0.15) is 16.4 Å². The third kappa shape index (κ3) is 3.72. The summed E-state index contributed by atoms with van der Waals surface area (Å²) in [5.41, 5.74) is 3.07. The fourth-order valence-corrected chi connectivity index (χ4v) is 3.00. The van der Waals surface area contributed by atoms with Crippen LogP contribution in [-0.4, -0.2) is 28.6 Å². The maximum atomic E-state index is 9.25. The molecule has 6 heteroatoms. The van der Waals surface area contributed by atoms with E-state index in [1.165, 1.54) is 5.56 Å². The van der Waals surface area contributed by atoms with Crippen LogP contribution in [0.5, 0.6) is 5.75 Å². The zero-order chi connectivity index (χ0) is 16.1. The molecule has 2 heterocycles. The molecule has 0 saturated carbocycles. The van der Waals surface area contributed by atoms with Gasteiger partial charge in [0.25, 0.3) is 0 Å². The third-order valence-corrected chi connectivity index (χ3v) is 4.24. The van der Waals surface area contributed by atoms with E-state index in [0.29, 0.717) is 6.54 Å². The number of hydrogen-bond acceptors (Lipinski definition) is 5. The highest BCUT2D eigenvalue weighted by atomic mass is 32.1. The first-order valence-corrected chi connectivity index (χ1v) is 8.32. The van der Waals surface area contributed by atoms with E-state index in [1.54, 1.807) is 23.1 Å². The van der Waals surface area contributed by atoms with E-state index >= 15 is 0 Å². The van der Waals surface area contributed by atoms with Crippen LogP contribution in [0.3, 0.4) is 0 Å². The number of rotatable bonds is 7. The summed E-state index contributed by atoms with van der Waals surface area (Å²) in [6.45, 7) is 1.24. The minimum atomic E-state index is 0.0480.